The summed E-state index contributed by atoms with van der Waals surface area (Å²) in [5, 5.41) is 3.57. The van der Waals surface area contributed by atoms with Crippen LogP contribution < -0.4 is 5.32 Å². The van der Waals surface area contributed by atoms with E-state index in [1.54, 1.807) is 0 Å². The molecule has 0 unspecified atom stereocenters. The molecule has 1 aliphatic rings. The highest BCUT2D eigenvalue weighted by Crippen LogP contribution is 2.29. The van der Waals surface area contributed by atoms with E-state index in [1.165, 1.54) is 71.1 Å². The van der Waals surface area contributed by atoms with Gasteiger partial charge in [0.25, 0.3) is 0 Å². The molecular weight excluding hydrogens is 232 g/mol. The second-order valence-electron chi connectivity index (χ2n) is 7.33. The molecule has 0 spiro atoms. The number of unbranched alkanes of at least 4 members (excludes halogenated alkanes) is 3. The molecule has 1 fully saturated rings. The van der Waals surface area contributed by atoms with Crippen LogP contribution >= 0.6 is 0 Å². The standard InChI is InChI=1S/C17H36N2/c1-5-13-19(15-16-10-11-16)14-9-7-6-8-12-18-17(2,3)4/h16,18H,5-15H2,1-4H3. The van der Waals surface area contributed by atoms with Crippen molar-refractivity contribution < 1.29 is 0 Å². The third-order valence-electron chi connectivity index (χ3n) is 3.81. The lowest BCUT2D eigenvalue weighted by molar-refractivity contribution is 0.257. The maximum atomic E-state index is 3.57. The number of hydrogen-bond acceptors (Lipinski definition) is 2. The summed E-state index contributed by atoms with van der Waals surface area (Å²) in [6.45, 7) is 14.2. The van der Waals surface area contributed by atoms with Gasteiger partial charge in [0.15, 0.2) is 0 Å². The lowest BCUT2D eigenvalue weighted by atomic mass is 10.1. The monoisotopic (exact) mass is 268 g/mol. The molecule has 0 amide bonds. The first-order valence-electron chi connectivity index (χ1n) is 8.48. The molecule has 0 aromatic rings. The van der Waals surface area contributed by atoms with E-state index in [2.05, 4.69) is 37.9 Å². The highest BCUT2D eigenvalue weighted by atomic mass is 15.1. The number of rotatable bonds is 11. The second-order valence-corrected chi connectivity index (χ2v) is 7.33. The summed E-state index contributed by atoms with van der Waals surface area (Å²) >= 11 is 0. The Bertz CT molecular complexity index is 216. The molecule has 0 atom stereocenters. The fourth-order valence-electron chi connectivity index (χ4n) is 2.55. The van der Waals surface area contributed by atoms with Gasteiger partial charge in [-0.05, 0) is 78.4 Å². The van der Waals surface area contributed by atoms with Crippen LogP contribution in [0.15, 0.2) is 0 Å². The highest BCUT2D eigenvalue weighted by molar-refractivity contribution is 4.77. The molecule has 0 aromatic heterocycles. The van der Waals surface area contributed by atoms with Crippen molar-refractivity contribution in [1.29, 1.82) is 0 Å². The Labute approximate surface area is 121 Å². The fourth-order valence-corrected chi connectivity index (χ4v) is 2.55. The average Bonchev–Trinajstić information content (AvgIpc) is 3.10. The maximum Gasteiger partial charge on any atom is 0.00965 e. The van der Waals surface area contributed by atoms with Crippen molar-refractivity contribution in [2.45, 2.75) is 78.2 Å². The van der Waals surface area contributed by atoms with Gasteiger partial charge in [-0.1, -0.05) is 19.8 Å². The average molecular weight is 268 g/mol. The van der Waals surface area contributed by atoms with Crippen molar-refractivity contribution >= 4 is 0 Å². The van der Waals surface area contributed by atoms with Crippen LogP contribution in [0, 0.1) is 5.92 Å². The predicted molar refractivity (Wildman–Crippen MR) is 85.7 cm³/mol. The van der Waals surface area contributed by atoms with Crippen LogP contribution in [-0.4, -0.2) is 36.6 Å². The number of nitrogens with zero attached hydrogens (tertiary/aromatic N) is 1. The van der Waals surface area contributed by atoms with Crippen molar-refractivity contribution in [3.63, 3.8) is 0 Å². The van der Waals surface area contributed by atoms with Gasteiger partial charge in [-0.3, -0.25) is 0 Å². The Balaban J connectivity index is 1.92. The maximum absolute atomic E-state index is 3.57. The Kier molecular flexibility index (Phi) is 8.01. The van der Waals surface area contributed by atoms with Crippen LogP contribution in [0.4, 0.5) is 0 Å². The van der Waals surface area contributed by atoms with Crippen LogP contribution in [0.3, 0.4) is 0 Å². The first-order valence-corrected chi connectivity index (χ1v) is 8.48. The fraction of sp³-hybridized carbons (Fsp3) is 1.00. The third-order valence-corrected chi connectivity index (χ3v) is 3.81. The molecule has 0 bridgehead atoms. The Hall–Kier alpha value is -0.0800. The van der Waals surface area contributed by atoms with Gasteiger partial charge in [-0.25, -0.2) is 0 Å². The summed E-state index contributed by atoms with van der Waals surface area (Å²) in [5.41, 5.74) is 0.280. The smallest absolute Gasteiger partial charge is 0.00965 e. The van der Waals surface area contributed by atoms with Gasteiger partial charge < -0.3 is 10.2 Å². The molecule has 0 aromatic carbocycles. The summed E-state index contributed by atoms with van der Waals surface area (Å²) in [5.74, 6) is 1.04. The molecule has 114 valence electrons. The van der Waals surface area contributed by atoms with E-state index in [9.17, 15) is 0 Å². The van der Waals surface area contributed by atoms with Crippen LogP contribution in [0.5, 0.6) is 0 Å². The van der Waals surface area contributed by atoms with Crippen molar-refractivity contribution in [2.75, 3.05) is 26.2 Å². The molecule has 1 saturated carbocycles. The zero-order valence-electron chi connectivity index (χ0n) is 13.8. The van der Waals surface area contributed by atoms with Gasteiger partial charge in [-0.2, -0.15) is 0 Å². The second kappa shape index (κ2) is 8.97. The lowest BCUT2D eigenvalue weighted by Crippen LogP contribution is -2.36. The van der Waals surface area contributed by atoms with Crippen molar-refractivity contribution in [3.05, 3.63) is 0 Å². The molecule has 2 heteroatoms. The van der Waals surface area contributed by atoms with E-state index >= 15 is 0 Å². The quantitative estimate of drug-likeness (QED) is 0.569. The molecule has 1 rings (SSSR count). The Morgan fingerprint density at radius 3 is 2.26 bits per heavy atom. The first kappa shape index (κ1) is 17.0. The molecular formula is C17H36N2. The Morgan fingerprint density at radius 2 is 1.68 bits per heavy atom. The van der Waals surface area contributed by atoms with Crippen molar-refractivity contribution in [2.24, 2.45) is 5.92 Å². The van der Waals surface area contributed by atoms with E-state index < -0.39 is 0 Å². The van der Waals surface area contributed by atoms with E-state index in [1.807, 2.05) is 0 Å². The normalized spacial score (nSPS) is 16.3. The third kappa shape index (κ3) is 10.4. The number of nitrogens with one attached hydrogen (secondary N) is 1. The number of hydrogen-bond donors (Lipinski definition) is 1. The van der Waals surface area contributed by atoms with E-state index in [4.69, 9.17) is 0 Å². The first-order chi connectivity index (χ1) is 9.01. The van der Waals surface area contributed by atoms with Crippen molar-refractivity contribution in [1.82, 2.24) is 10.2 Å². The van der Waals surface area contributed by atoms with Crippen LogP contribution in [0.25, 0.3) is 0 Å². The topological polar surface area (TPSA) is 15.3 Å². The van der Waals surface area contributed by atoms with Gasteiger partial charge in [0, 0.05) is 12.1 Å². The minimum atomic E-state index is 0.280. The Morgan fingerprint density at radius 1 is 1.00 bits per heavy atom. The summed E-state index contributed by atoms with van der Waals surface area (Å²) in [6.07, 6.45) is 9.78. The van der Waals surface area contributed by atoms with Gasteiger partial charge in [0.1, 0.15) is 0 Å². The summed E-state index contributed by atoms with van der Waals surface area (Å²) in [4.78, 5) is 2.70. The molecule has 0 heterocycles. The summed E-state index contributed by atoms with van der Waals surface area (Å²) in [7, 11) is 0. The van der Waals surface area contributed by atoms with Gasteiger partial charge in [0.05, 0.1) is 0 Å². The van der Waals surface area contributed by atoms with Crippen LogP contribution in [0.2, 0.25) is 0 Å². The molecule has 19 heavy (non-hydrogen) atoms. The molecule has 0 saturated heterocycles. The van der Waals surface area contributed by atoms with Crippen LogP contribution in [0.1, 0.15) is 72.6 Å². The summed E-state index contributed by atoms with van der Waals surface area (Å²) < 4.78 is 0. The SMILES string of the molecule is CCCN(CCCCCCNC(C)(C)C)CC1CC1. The molecule has 1 aliphatic carbocycles. The van der Waals surface area contributed by atoms with Gasteiger partial charge in [0.2, 0.25) is 0 Å². The van der Waals surface area contributed by atoms with Crippen molar-refractivity contribution in [3.8, 4) is 0 Å². The van der Waals surface area contributed by atoms with Gasteiger partial charge >= 0.3 is 0 Å². The summed E-state index contributed by atoms with van der Waals surface area (Å²) in [6, 6.07) is 0. The zero-order valence-corrected chi connectivity index (χ0v) is 13.8. The largest absolute Gasteiger partial charge is 0.312 e. The minimum absolute atomic E-state index is 0.280. The minimum Gasteiger partial charge on any atom is -0.312 e. The molecule has 0 radical (unpaired) electrons. The predicted octanol–water partition coefficient (Wildman–Crippen LogP) is 4.06. The molecule has 1 N–H and O–H groups in total. The zero-order chi connectivity index (χ0) is 14.1. The van der Waals surface area contributed by atoms with Gasteiger partial charge in [-0.15, -0.1) is 0 Å². The van der Waals surface area contributed by atoms with E-state index in [0.29, 0.717) is 0 Å². The molecule has 0 aliphatic heterocycles. The van der Waals surface area contributed by atoms with E-state index in [0.717, 1.165) is 5.92 Å². The van der Waals surface area contributed by atoms with E-state index in [-0.39, 0.29) is 5.54 Å². The lowest BCUT2D eigenvalue weighted by Gasteiger charge is -2.22. The van der Waals surface area contributed by atoms with Crippen LogP contribution in [-0.2, 0) is 0 Å². The highest BCUT2D eigenvalue weighted by Gasteiger charge is 2.23. The molecule has 2 nitrogen and oxygen atoms in total.